The molecule has 1 fully saturated rings. The standard InChI is InChI=1S/C19H19N3O7/c23-10-13-15(25)16(26)18(29-13)21-7-6-14(24)22(19(21)27)9-12-8-20-17(28-12)11-4-2-1-3-5-11/h1-8,13,15-16,18,23,25-26H,9-10H2/t13-,15-,16-,18-/m1/s1. The van der Waals surface area contributed by atoms with Gasteiger partial charge in [0.15, 0.2) is 6.23 Å². The van der Waals surface area contributed by atoms with Crippen LogP contribution in [0.4, 0.5) is 0 Å². The lowest BCUT2D eigenvalue weighted by Crippen LogP contribution is -2.43. The van der Waals surface area contributed by atoms with Crippen LogP contribution in [-0.2, 0) is 11.3 Å². The zero-order chi connectivity index (χ0) is 20.5. The van der Waals surface area contributed by atoms with Crippen molar-refractivity contribution in [2.24, 2.45) is 0 Å². The Morgan fingerprint density at radius 3 is 2.52 bits per heavy atom. The molecule has 1 aliphatic heterocycles. The number of aliphatic hydroxyl groups is 3. The van der Waals surface area contributed by atoms with Crippen LogP contribution in [-0.4, -0.2) is 54.4 Å². The van der Waals surface area contributed by atoms with E-state index in [1.165, 1.54) is 12.4 Å². The predicted octanol–water partition coefficient (Wildman–Crippen LogP) is -0.675. The van der Waals surface area contributed by atoms with E-state index in [-0.39, 0.29) is 6.54 Å². The quantitative estimate of drug-likeness (QED) is 0.511. The number of benzene rings is 1. The minimum absolute atomic E-state index is 0.173. The number of hydrogen-bond donors (Lipinski definition) is 3. The maximum Gasteiger partial charge on any atom is 0.333 e. The Balaban J connectivity index is 1.64. The molecule has 29 heavy (non-hydrogen) atoms. The zero-order valence-electron chi connectivity index (χ0n) is 15.2. The fourth-order valence-electron chi connectivity index (χ4n) is 3.23. The van der Waals surface area contributed by atoms with E-state index >= 15 is 0 Å². The van der Waals surface area contributed by atoms with Gasteiger partial charge in [-0.1, -0.05) is 18.2 Å². The van der Waals surface area contributed by atoms with Crippen molar-refractivity contribution >= 4 is 0 Å². The molecule has 0 radical (unpaired) electrons. The van der Waals surface area contributed by atoms with Crippen molar-refractivity contribution in [3.63, 3.8) is 0 Å². The number of ether oxygens (including phenoxy) is 1. The molecule has 10 heteroatoms. The van der Waals surface area contributed by atoms with Crippen molar-refractivity contribution in [2.75, 3.05) is 6.61 Å². The van der Waals surface area contributed by atoms with Crippen LogP contribution < -0.4 is 11.2 Å². The summed E-state index contributed by atoms with van der Waals surface area (Å²) in [6.07, 6.45) is -2.47. The van der Waals surface area contributed by atoms with E-state index in [2.05, 4.69) is 4.98 Å². The van der Waals surface area contributed by atoms with Crippen LogP contribution in [0.2, 0.25) is 0 Å². The van der Waals surface area contributed by atoms with Gasteiger partial charge in [0.05, 0.1) is 19.3 Å². The molecular weight excluding hydrogens is 382 g/mol. The van der Waals surface area contributed by atoms with E-state index in [0.29, 0.717) is 11.7 Å². The molecule has 1 saturated heterocycles. The topological polar surface area (TPSA) is 140 Å². The van der Waals surface area contributed by atoms with E-state index < -0.39 is 42.4 Å². The third-order valence-electron chi connectivity index (χ3n) is 4.78. The average Bonchev–Trinajstić information content (AvgIpc) is 3.31. The van der Waals surface area contributed by atoms with Gasteiger partial charge in [0, 0.05) is 17.8 Å². The highest BCUT2D eigenvalue weighted by Gasteiger charge is 2.43. The Morgan fingerprint density at radius 1 is 1.07 bits per heavy atom. The Labute approximate surface area is 163 Å². The monoisotopic (exact) mass is 401 g/mol. The van der Waals surface area contributed by atoms with Gasteiger partial charge in [0.1, 0.15) is 24.1 Å². The number of aliphatic hydroxyl groups excluding tert-OH is 3. The molecule has 10 nitrogen and oxygen atoms in total. The van der Waals surface area contributed by atoms with Crippen molar-refractivity contribution in [1.29, 1.82) is 0 Å². The van der Waals surface area contributed by atoms with E-state index in [0.717, 1.165) is 20.8 Å². The molecule has 4 rings (SSSR count). The fourth-order valence-corrected chi connectivity index (χ4v) is 3.23. The Morgan fingerprint density at radius 2 is 1.83 bits per heavy atom. The van der Waals surface area contributed by atoms with Gasteiger partial charge in [0.25, 0.3) is 5.56 Å². The lowest BCUT2D eigenvalue weighted by atomic mass is 10.1. The zero-order valence-corrected chi connectivity index (χ0v) is 15.2. The van der Waals surface area contributed by atoms with Crippen molar-refractivity contribution in [3.05, 3.63) is 75.4 Å². The molecule has 3 aromatic rings. The van der Waals surface area contributed by atoms with E-state index in [1.54, 1.807) is 0 Å². The number of aromatic nitrogens is 3. The summed E-state index contributed by atoms with van der Waals surface area (Å²) < 4.78 is 12.9. The van der Waals surface area contributed by atoms with E-state index in [4.69, 9.17) is 9.15 Å². The van der Waals surface area contributed by atoms with Crippen molar-refractivity contribution in [1.82, 2.24) is 14.1 Å². The van der Waals surface area contributed by atoms with Gasteiger partial charge in [-0.2, -0.15) is 0 Å². The molecule has 3 N–H and O–H groups in total. The largest absolute Gasteiger partial charge is 0.439 e. The Hall–Kier alpha value is -3.05. The maximum absolute atomic E-state index is 12.8. The van der Waals surface area contributed by atoms with Crippen LogP contribution in [0, 0.1) is 0 Å². The third kappa shape index (κ3) is 3.54. The van der Waals surface area contributed by atoms with Gasteiger partial charge in [-0.15, -0.1) is 0 Å². The van der Waals surface area contributed by atoms with Gasteiger partial charge >= 0.3 is 5.69 Å². The molecule has 0 saturated carbocycles. The summed E-state index contributed by atoms with van der Waals surface area (Å²) in [5.41, 5.74) is -0.580. The summed E-state index contributed by atoms with van der Waals surface area (Å²) in [5.74, 6) is 0.648. The summed E-state index contributed by atoms with van der Waals surface area (Å²) in [6, 6.07) is 10.3. The van der Waals surface area contributed by atoms with Crippen LogP contribution >= 0.6 is 0 Å². The van der Waals surface area contributed by atoms with Crippen molar-refractivity contribution in [2.45, 2.75) is 31.1 Å². The number of hydrogen-bond acceptors (Lipinski definition) is 8. The maximum atomic E-state index is 12.8. The molecule has 152 valence electrons. The molecule has 1 aliphatic rings. The summed E-state index contributed by atoms with van der Waals surface area (Å²) in [7, 11) is 0. The summed E-state index contributed by atoms with van der Waals surface area (Å²) in [4.78, 5) is 29.3. The molecule has 3 heterocycles. The average molecular weight is 401 g/mol. The van der Waals surface area contributed by atoms with Crippen LogP contribution in [0.25, 0.3) is 11.5 Å². The smallest absolute Gasteiger partial charge is 0.333 e. The third-order valence-corrected chi connectivity index (χ3v) is 4.78. The second kappa shape index (κ2) is 7.76. The number of rotatable bonds is 5. The van der Waals surface area contributed by atoms with Gasteiger partial charge in [-0.05, 0) is 12.1 Å². The number of nitrogens with zero attached hydrogens (tertiary/aromatic N) is 3. The van der Waals surface area contributed by atoms with Gasteiger partial charge in [-0.3, -0.25) is 13.9 Å². The summed E-state index contributed by atoms with van der Waals surface area (Å²) >= 11 is 0. The molecular formula is C19H19N3O7. The van der Waals surface area contributed by atoms with Gasteiger partial charge in [-0.25, -0.2) is 9.78 Å². The van der Waals surface area contributed by atoms with Crippen LogP contribution in [0.5, 0.6) is 0 Å². The lowest BCUT2D eigenvalue weighted by molar-refractivity contribution is -0.0555. The number of oxazole rings is 1. The highest BCUT2D eigenvalue weighted by molar-refractivity contribution is 5.52. The van der Waals surface area contributed by atoms with E-state index in [1.807, 2.05) is 30.3 Å². The normalized spacial score (nSPS) is 24.1. The first-order valence-electron chi connectivity index (χ1n) is 8.94. The van der Waals surface area contributed by atoms with Crippen molar-refractivity contribution < 1.29 is 24.5 Å². The van der Waals surface area contributed by atoms with E-state index in [9.17, 15) is 24.9 Å². The highest BCUT2D eigenvalue weighted by atomic mass is 16.6. The van der Waals surface area contributed by atoms with Gasteiger partial charge in [0.2, 0.25) is 5.89 Å². The Bertz CT molecular complexity index is 1100. The first-order valence-corrected chi connectivity index (χ1v) is 8.94. The molecule has 2 aromatic heterocycles. The molecule has 0 amide bonds. The fraction of sp³-hybridized carbons (Fsp3) is 0.316. The Kier molecular flexibility index (Phi) is 5.16. The van der Waals surface area contributed by atoms with Crippen LogP contribution in [0.3, 0.4) is 0 Å². The SMILES string of the molecule is O=c1ccn([C@@H]2O[C@H](CO)[C@@H](O)[C@H]2O)c(=O)n1Cc1cnc(-c2ccccc2)o1. The molecule has 0 unspecified atom stereocenters. The summed E-state index contributed by atoms with van der Waals surface area (Å²) in [5, 5.41) is 29.3. The van der Waals surface area contributed by atoms with Crippen LogP contribution in [0.15, 0.2) is 62.8 Å². The molecule has 0 spiro atoms. The second-order valence-corrected chi connectivity index (χ2v) is 6.66. The second-order valence-electron chi connectivity index (χ2n) is 6.66. The van der Waals surface area contributed by atoms with Crippen LogP contribution in [0.1, 0.15) is 12.0 Å². The van der Waals surface area contributed by atoms with Crippen molar-refractivity contribution in [3.8, 4) is 11.5 Å². The molecule has 0 aliphatic carbocycles. The minimum Gasteiger partial charge on any atom is -0.439 e. The molecule has 0 bridgehead atoms. The first-order chi connectivity index (χ1) is 14.0. The predicted molar refractivity (Wildman–Crippen MR) is 99.0 cm³/mol. The summed E-state index contributed by atoms with van der Waals surface area (Å²) in [6.45, 7) is -0.698. The lowest BCUT2D eigenvalue weighted by Gasteiger charge is -2.18. The molecule has 1 aromatic carbocycles. The minimum atomic E-state index is -1.44. The highest BCUT2D eigenvalue weighted by Crippen LogP contribution is 2.27. The molecule has 4 atom stereocenters. The van der Waals surface area contributed by atoms with Gasteiger partial charge < -0.3 is 24.5 Å². The first kappa shape index (κ1) is 19.3.